The van der Waals surface area contributed by atoms with Gasteiger partial charge < -0.3 is 29.6 Å². The molecule has 0 aliphatic heterocycles. The largest absolute Gasteiger partial charge is 0.459 e. The van der Waals surface area contributed by atoms with E-state index in [2.05, 4.69) is 29.5 Å². The summed E-state index contributed by atoms with van der Waals surface area (Å²) >= 11 is 0. The second kappa shape index (κ2) is 17.4. The maximum absolute atomic E-state index is 12.1. The van der Waals surface area contributed by atoms with Gasteiger partial charge in [0.1, 0.15) is 19.9 Å². The van der Waals surface area contributed by atoms with Gasteiger partial charge in [-0.05, 0) is 62.7 Å². The molecule has 3 saturated carbocycles. The predicted molar refractivity (Wildman–Crippen MR) is 147 cm³/mol. The zero-order chi connectivity index (χ0) is 27.9. The van der Waals surface area contributed by atoms with Crippen LogP contribution in [0, 0.1) is 17.8 Å². The summed E-state index contributed by atoms with van der Waals surface area (Å²) in [6, 6.07) is 0.740. The molecule has 0 heterocycles. The van der Waals surface area contributed by atoms with Crippen LogP contribution in [0.5, 0.6) is 0 Å². The van der Waals surface area contributed by atoms with E-state index in [9.17, 15) is 14.4 Å². The molecular formula is C29H49N3O7. The lowest BCUT2D eigenvalue weighted by Crippen LogP contribution is -2.40. The van der Waals surface area contributed by atoms with Crippen LogP contribution in [0.25, 0.3) is 0 Å². The normalized spacial score (nSPS) is 29.1. The molecule has 0 aromatic rings. The average Bonchev–Trinajstić information content (AvgIpc) is 2.91. The molecule has 39 heavy (non-hydrogen) atoms. The van der Waals surface area contributed by atoms with Crippen LogP contribution in [0.2, 0.25) is 0 Å². The summed E-state index contributed by atoms with van der Waals surface area (Å²) in [5, 5.41) is 9.41. The van der Waals surface area contributed by atoms with Gasteiger partial charge in [-0.2, -0.15) is 0 Å². The van der Waals surface area contributed by atoms with E-state index in [0.29, 0.717) is 30.5 Å². The van der Waals surface area contributed by atoms with Crippen molar-refractivity contribution >= 4 is 18.2 Å². The minimum absolute atomic E-state index is 0.0235. The molecule has 6 unspecified atom stereocenters. The first kappa shape index (κ1) is 31.2. The number of alkyl carbamates (subject to hydrolysis) is 2. The number of hydrogen-bond acceptors (Lipinski definition) is 8. The third-order valence-corrected chi connectivity index (χ3v) is 8.29. The lowest BCUT2D eigenvalue weighted by atomic mass is 9.75. The summed E-state index contributed by atoms with van der Waals surface area (Å²) in [7, 11) is 0. The number of ether oxygens (including phenoxy) is 4. The molecule has 0 bridgehead atoms. The SMILES string of the molecule is C=CC(=O)OCCOC(=O)NC1CCCC(CC2CCCC(NCOCOC(=O)NC3CCCC(C)C3)C2)C1. The molecule has 222 valence electrons. The van der Waals surface area contributed by atoms with Gasteiger partial charge in [-0.25, -0.2) is 14.4 Å². The highest BCUT2D eigenvalue weighted by Gasteiger charge is 2.29. The Labute approximate surface area is 233 Å². The Morgan fingerprint density at radius 1 is 0.769 bits per heavy atom. The second-order valence-electron chi connectivity index (χ2n) is 11.6. The van der Waals surface area contributed by atoms with Crippen molar-refractivity contribution in [2.24, 2.45) is 17.8 Å². The third-order valence-electron chi connectivity index (χ3n) is 8.29. The first-order valence-electron chi connectivity index (χ1n) is 14.9. The number of carbonyl (C=O) groups is 3. The Hall–Kier alpha value is -2.33. The van der Waals surface area contributed by atoms with Gasteiger partial charge in [-0.3, -0.25) is 5.32 Å². The Morgan fingerprint density at radius 2 is 1.36 bits per heavy atom. The lowest BCUT2D eigenvalue weighted by Gasteiger charge is -2.35. The number of nitrogens with one attached hydrogen (secondary N) is 3. The van der Waals surface area contributed by atoms with E-state index in [1.54, 1.807) is 0 Å². The monoisotopic (exact) mass is 551 g/mol. The fourth-order valence-electron chi connectivity index (χ4n) is 6.43. The Kier molecular flexibility index (Phi) is 13.9. The van der Waals surface area contributed by atoms with Gasteiger partial charge in [0.25, 0.3) is 0 Å². The van der Waals surface area contributed by atoms with E-state index in [0.717, 1.165) is 57.4 Å². The summed E-state index contributed by atoms with van der Waals surface area (Å²) in [5.74, 6) is 1.37. The molecule has 3 fully saturated rings. The first-order valence-corrected chi connectivity index (χ1v) is 14.9. The molecule has 10 heteroatoms. The van der Waals surface area contributed by atoms with Crippen molar-refractivity contribution in [1.29, 1.82) is 0 Å². The summed E-state index contributed by atoms with van der Waals surface area (Å²) < 4.78 is 20.7. The highest BCUT2D eigenvalue weighted by atomic mass is 16.7. The van der Waals surface area contributed by atoms with E-state index in [-0.39, 0.29) is 32.1 Å². The van der Waals surface area contributed by atoms with Crippen LogP contribution in [-0.4, -0.2) is 63.0 Å². The molecule has 3 aliphatic rings. The highest BCUT2D eigenvalue weighted by molar-refractivity contribution is 5.81. The molecule has 3 N–H and O–H groups in total. The topological polar surface area (TPSA) is 124 Å². The summed E-state index contributed by atoms with van der Waals surface area (Å²) in [6.07, 6.45) is 14.7. The molecule has 6 atom stereocenters. The van der Waals surface area contributed by atoms with Crippen LogP contribution in [-0.2, 0) is 23.7 Å². The van der Waals surface area contributed by atoms with Gasteiger partial charge in [0, 0.05) is 24.2 Å². The van der Waals surface area contributed by atoms with Crippen molar-refractivity contribution in [3.8, 4) is 0 Å². The van der Waals surface area contributed by atoms with E-state index < -0.39 is 18.2 Å². The molecule has 0 saturated heterocycles. The van der Waals surface area contributed by atoms with Crippen LogP contribution in [0.3, 0.4) is 0 Å². The van der Waals surface area contributed by atoms with Crippen LogP contribution in [0.4, 0.5) is 9.59 Å². The smallest absolute Gasteiger partial charge is 0.409 e. The number of rotatable bonds is 13. The van der Waals surface area contributed by atoms with E-state index in [4.69, 9.17) is 18.9 Å². The van der Waals surface area contributed by atoms with E-state index in [1.807, 2.05) is 0 Å². The van der Waals surface area contributed by atoms with Crippen molar-refractivity contribution in [3.63, 3.8) is 0 Å². The lowest BCUT2D eigenvalue weighted by molar-refractivity contribution is -0.138. The molecule has 3 aliphatic carbocycles. The molecule has 0 radical (unpaired) electrons. The molecule has 3 rings (SSSR count). The molecule has 2 amide bonds. The molecule has 10 nitrogen and oxygen atoms in total. The van der Waals surface area contributed by atoms with Gasteiger partial charge in [-0.15, -0.1) is 0 Å². The van der Waals surface area contributed by atoms with Crippen molar-refractivity contribution in [2.75, 3.05) is 26.7 Å². The highest BCUT2D eigenvalue weighted by Crippen LogP contribution is 2.35. The summed E-state index contributed by atoms with van der Waals surface area (Å²) in [5.41, 5.74) is 0. The van der Waals surface area contributed by atoms with Crippen molar-refractivity contribution in [1.82, 2.24) is 16.0 Å². The maximum Gasteiger partial charge on any atom is 0.409 e. The van der Waals surface area contributed by atoms with Crippen molar-refractivity contribution < 1.29 is 33.3 Å². The zero-order valence-corrected chi connectivity index (χ0v) is 23.6. The Morgan fingerprint density at radius 3 is 2.05 bits per heavy atom. The fourth-order valence-corrected chi connectivity index (χ4v) is 6.43. The average molecular weight is 552 g/mol. The minimum Gasteiger partial charge on any atom is -0.459 e. The van der Waals surface area contributed by atoms with Gasteiger partial charge in [0.2, 0.25) is 0 Å². The van der Waals surface area contributed by atoms with Crippen LogP contribution in [0.15, 0.2) is 12.7 Å². The molecular weight excluding hydrogens is 502 g/mol. The van der Waals surface area contributed by atoms with Gasteiger partial charge in [0.15, 0.2) is 6.79 Å². The zero-order valence-electron chi connectivity index (χ0n) is 23.6. The van der Waals surface area contributed by atoms with Crippen LogP contribution in [0.1, 0.15) is 90.4 Å². The van der Waals surface area contributed by atoms with Gasteiger partial charge in [0.05, 0.1) is 0 Å². The number of carbonyl (C=O) groups excluding carboxylic acids is 3. The molecule has 0 aromatic heterocycles. The third kappa shape index (κ3) is 12.6. The predicted octanol–water partition coefficient (Wildman–Crippen LogP) is 4.78. The fraction of sp³-hybridized carbons (Fsp3) is 0.828. The minimum atomic E-state index is -0.528. The van der Waals surface area contributed by atoms with Gasteiger partial charge in [-0.1, -0.05) is 52.0 Å². The molecule has 0 spiro atoms. The standard InChI is InChI=1S/C29H49N3O7/c1-3-27(33)37-13-14-38-28(34)32-26-12-6-9-23(18-26)16-22-8-5-10-24(17-22)30-19-36-20-39-29(35)31-25-11-4-7-21(2)15-25/h3,21-26,30H,1,4-20H2,2H3,(H,31,35)(H,32,34). The maximum atomic E-state index is 12.1. The number of amides is 2. The van der Waals surface area contributed by atoms with Crippen LogP contribution < -0.4 is 16.0 Å². The first-order chi connectivity index (χ1) is 18.9. The summed E-state index contributed by atoms with van der Waals surface area (Å²) in [6.45, 7) is 5.93. The quantitative estimate of drug-likeness (QED) is 0.0983. The second-order valence-corrected chi connectivity index (χ2v) is 11.6. The van der Waals surface area contributed by atoms with Gasteiger partial charge >= 0.3 is 18.2 Å². The van der Waals surface area contributed by atoms with Crippen LogP contribution >= 0.6 is 0 Å². The Bertz CT molecular complexity index is 780. The Balaban J connectivity index is 1.24. The van der Waals surface area contributed by atoms with Crippen molar-refractivity contribution in [2.45, 2.75) is 109 Å². The summed E-state index contributed by atoms with van der Waals surface area (Å²) in [4.78, 5) is 35.1. The number of hydrogen-bond donors (Lipinski definition) is 3. The van der Waals surface area contributed by atoms with E-state index >= 15 is 0 Å². The number of esters is 1. The van der Waals surface area contributed by atoms with E-state index in [1.165, 1.54) is 32.1 Å². The van der Waals surface area contributed by atoms with Crippen molar-refractivity contribution in [3.05, 3.63) is 12.7 Å². The molecule has 0 aromatic carbocycles.